The molecule has 0 fully saturated rings. The molecule has 0 saturated heterocycles. The zero-order valence-corrected chi connectivity index (χ0v) is 40.7. The van der Waals surface area contributed by atoms with Crippen molar-refractivity contribution in [1.29, 1.82) is 0 Å². The first kappa shape index (κ1) is 40.4. The van der Waals surface area contributed by atoms with Gasteiger partial charge in [-0.15, -0.1) is 22.7 Å². The summed E-state index contributed by atoms with van der Waals surface area (Å²) in [4.78, 5) is 6.55. The summed E-state index contributed by atoms with van der Waals surface area (Å²) < 4.78 is 4.07. The monoisotopic (exact) mass is 912 g/mol. The standard InChI is InChI=1S/C64H52N2S2/c1-63(2)53-21-13-11-19-45(53)47-27-23-41(35-55(47)63)65(39-15-7-5-8-16-39)43-25-29-51-59(37-43)67-57-33-31-50-49(61(51)57)32-34-58-62(50)52-30-26-44(38-60(52)68-58)66(40-17-9-6-10-18-40)42-24-28-48-46-20-12-14-22-54(46)64(3,4)56(48)36-42/h5,7-9,11-15,17-25,27-29,31-39H,6,10,16,26,30H2,1-4H3. The zero-order chi connectivity index (χ0) is 45.5. The van der Waals surface area contributed by atoms with Crippen molar-refractivity contribution in [2.75, 3.05) is 9.80 Å². The average Bonchev–Trinajstić information content (AvgIpc) is 4.07. The van der Waals surface area contributed by atoms with Gasteiger partial charge in [-0.3, -0.25) is 0 Å². The number of fused-ring (bicyclic) bond motifs is 15. The summed E-state index contributed by atoms with van der Waals surface area (Å²) in [6.45, 7) is 9.54. The largest absolute Gasteiger partial charge is 0.334 e. The van der Waals surface area contributed by atoms with Crippen LogP contribution in [0, 0.1) is 0 Å². The molecule has 1 unspecified atom stereocenters. The van der Waals surface area contributed by atoms with Crippen molar-refractivity contribution in [3.05, 3.63) is 214 Å². The Morgan fingerprint density at radius 3 is 1.87 bits per heavy atom. The number of nitrogens with zero attached hydrogens (tertiary/aromatic N) is 2. The van der Waals surface area contributed by atoms with Crippen LogP contribution in [0.3, 0.4) is 0 Å². The van der Waals surface area contributed by atoms with Crippen LogP contribution in [-0.4, -0.2) is 6.04 Å². The smallest absolute Gasteiger partial charge is 0.0559 e. The maximum atomic E-state index is 2.58. The minimum atomic E-state index is -0.0586. The molecule has 0 radical (unpaired) electrons. The molecule has 0 spiro atoms. The Balaban J connectivity index is 0.857. The quantitative estimate of drug-likeness (QED) is 0.164. The third kappa shape index (κ3) is 5.87. The number of thiophene rings is 2. The van der Waals surface area contributed by atoms with Gasteiger partial charge in [0.15, 0.2) is 0 Å². The molecule has 0 bridgehead atoms. The number of benzene rings is 7. The number of anilines is 3. The van der Waals surface area contributed by atoms with Gasteiger partial charge in [-0.2, -0.15) is 0 Å². The van der Waals surface area contributed by atoms with Crippen LogP contribution < -0.4 is 9.80 Å². The second kappa shape index (κ2) is 14.9. The minimum absolute atomic E-state index is 0.0502. The molecule has 2 aromatic heterocycles. The van der Waals surface area contributed by atoms with Gasteiger partial charge in [-0.05, 0) is 154 Å². The van der Waals surface area contributed by atoms with E-state index in [-0.39, 0.29) is 16.9 Å². The van der Waals surface area contributed by atoms with Crippen molar-refractivity contribution in [3.8, 4) is 22.3 Å². The number of rotatable bonds is 6. The van der Waals surface area contributed by atoms with E-state index in [1.165, 1.54) is 124 Å². The maximum absolute atomic E-state index is 2.58. The second-order valence-corrected chi connectivity index (χ2v) is 22.7. The van der Waals surface area contributed by atoms with Crippen LogP contribution >= 0.6 is 22.7 Å². The molecule has 330 valence electrons. The molecule has 0 saturated carbocycles. The zero-order valence-electron chi connectivity index (χ0n) is 39.1. The van der Waals surface area contributed by atoms with Crippen molar-refractivity contribution in [1.82, 2.24) is 0 Å². The van der Waals surface area contributed by atoms with E-state index in [9.17, 15) is 0 Å². The Morgan fingerprint density at radius 2 is 1.16 bits per heavy atom. The summed E-state index contributed by atoms with van der Waals surface area (Å²) in [6, 6.07) is 49.5. The van der Waals surface area contributed by atoms with E-state index in [0.717, 1.165) is 32.1 Å². The van der Waals surface area contributed by atoms with E-state index in [2.05, 4.69) is 213 Å². The molecule has 2 heterocycles. The van der Waals surface area contributed by atoms with Crippen LogP contribution in [0.1, 0.15) is 86.1 Å². The Morgan fingerprint density at radius 1 is 0.529 bits per heavy atom. The van der Waals surface area contributed by atoms with Gasteiger partial charge in [-0.25, -0.2) is 0 Å². The van der Waals surface area contributed by atoms with E-state index >= 15 is 0 Å². The number of allylic oxidation sites excluding steroid dienone is 6. The lowest BCUT2D eigenvalue weighted by Gasteiger charge is -2.34. The average molecular weight is 913 g/mol. The van der Waals surface area contributed by atoms with Gasteiger partial charge in [-0.1, -0.05) is 143 Å². The van der Waals surface area contributed by atoms with Gasteiger partial charge >= 0.3 is 0 Å². The molecule has 0 amide bonds. The number of hydrogen-bond donors (Lipinski definition) is 0. The highest BCUT2D eigenvalue weighted by Gasteiger charge is 2.38. The molecule has 0 N–H and O–H groups in total. The summed E-state index contributed by atoms with van der Waals surface area (Å²) in [5, 5.41) is 6.92. The number of hydrogen-bond acceptors (Lipinski definition) is 4. The summed E-state index contributed by atoms with van der Waals surface area (Å²) in [7, 11) is 0. The molecule has 68 heavy (non-hydrogen) atoms. The van der Waals surface area contributed by atoms with Crippen molar-refractivity contribution < 1.29 is 0 Å². The Kier molecular flexibility index (Phi) is 8.84. The van der Waals surface area contributed by atoms with E-state index in [1.807, 2.05) is 22.7 Å². The predicted molar refractivity (Wildman–Crippen MR) is 294 cm³/mol. The van der Waals surface area contributed by atoms with Crippen LogP contribution in [0.4, 0.5) is 17.1 Å². The highest BCUT2D eigenvalue weighted by Crippen LogP contribution is 2.53. The highest BCUT2D eigenvalue weighted by atomic mass is 32.1. The third-order valence-electron chi connectivity index (χ3n) is 16.1. The third-order valence-corrected chi connectivity index (χ3v) is 18.3. The lowest BCUT2D eigenvalue weighted by atomic mass is 9.82. The molecule has 1 atom stereocenters. The fraction of sp³-hybridized carbons (Fsp3) is 0.188. The van der Waals surface area contributed by atoms with E-state index in [1.54, 1.807) is 0 Å². The van der Waals surface area contributed by atoms with Crippen LogP contribution in [0.2, 0.25) is 0 Å². The topological polar surface area (TPSA) is 6.48 Å². The van der Waals surface area contributed by atoms with Gasteiger partial charge in [0, 0.05) is 74.4 Å². The van der Waals surface area contributed by atoms with Gasteiger partial charge in [0.2, 0.25) is 0 Å². The highest BCUT2D eigenvalue weighted by molar-refractivity contribution is 7.26. The molecule has 5 aliphatic carbocycles. The molecule has 4 heteroatoms. The van der Waals surface area contributed by atoms with Gasteiger partial charge < -0.3 is 9.80 Å². The van der Waals surface area contributed by atoms with Gasteiger partial charge in [0.1, 0.15) is 0 Å². The predicted octanol–water partition coefficient (Wildman–Crippen LogP) is 18.1. The van der Waals surface area contributed by atoms with E-state index < -0.39 is 0 Å². The normalized spacial score (nSPS) is 18.1. The molecule has 14 rings (SSSR count). The first-order valence-electron chi connectivity index (χ1n) is 24.5. The summed E-state index contributed by atoms with van der Waals surface area (Å²) in [5.41, 5.74) is 18.9. The molecule has 7 aromatic carbocycles. The minimum Gasteiger partial charge on any atom is -0.334 e. The molecule has 5 aliphatic rings. The van der Waals surface area contributed by atoms with Crippen molar-refractivity contribution in [2.24, 2.45) is 0 Å². The first-order chi connectivity index (χ1) is 33.2. The SMILES string of the molecule is CC1(C)c2ccccc2-c2ccc(N(C3=CCCC=C3)C3=Cc4sc5ccc6c(ccc7sc8cc(N(c9ccc%10c(c9)C(C)(C)c9ccccc9-%10)C9C=CC=CC9)ccc8c76)c5c4CC3)cc21. The molecule has 0 aliphatic heterocycles. The van der Waals surface area contributed by atoms with Crippen LogP contribution in [0.5, 0.6) is 0 Å². The lowest BCUT2D eigenvalue weighted by molar-refractivity contribution is 0.659. The van der Waals surface area contributed by atoms with Crippen LogP contribution in [0.25, 0.3) is 69.4 Å². The fourth-order valence-corrected chi connectivity index (χ4v) is 15.1. The van der Waals surface area contributed by atoms with Gasteiger partial charge in [0.25, 0.3) is 0 Å². The molecular formula is C64H52N2S2. The Labute approximate surface area is 407 Å². The van der Waals surface area contributed by atoms with Crippen molar-refractivity contribution in [2.45, 2.75) is 76.7 Å². The van der Waals surface area contributed by atoms with Crippen molar-refractivity contribution >= 4 is 86.8 Å². The van der Waals surface area contributed by atoms with Gasteiger partial charge in [0.05, 0.1) is 6.04 Å². The van der Waals surface area contributed by atoms with Crippen molar-refractivity contribution in [3.63, 3.8) is 0 Å². The molecule has 2 nitrogen and oxygen atoms in total. The fourth-order valence-electron chi connectivity index (χ4n) is 12.7. The first-order valence-corrected chi connectivity index (χ1v) is 26.2. The van der Waals surface area contributed by atoms with E-state index in [0.29, 0.717) is 0 Å². The lowest BCUT2D eigenvalue weighted by Crippen LogP contribution is -2.30. The van der Waals surface area contributed by atoms with Crippen LogP contribution in [0.15, 0.2) is 181 Å². The Hall–Kier alpha value is -6.72. The second-order valence-electron chi connectivity index (χ2n) is 20.6. The summed E-state index contributed by atoms with van der Waals surface area (Å²) >= 11 is 3.90. The maximum Gasteiger partial charge on any atom is 0.0559 e. The van der Waals surface area contributed by atoms with E-state index in [4.69, 9.17) is 0 Å². The summed E-state index contributed by atoms with van der Waals surface area (Å²) in [6.07, 6.45) is 23.9. The molecular weight excluding hydrogens is 861 g/mol. The Bertz CT molecular complexity index is 3800. The number of aryl methyl sites for hydroxylation is 1. The molecule has 9 aromatic rings. The van der Waals surface area contributed by atoms with Crippen LogP contribution in [-0.2, 0) is 17.3 Å². The summed E-state index contributed by atoms with van der Waals surface area (Å²) in [5.74, 6) is 0.